The van der Waals surface area contributed by atoms with Crippen molar-refractivity contribution in [3.8, 4) is 0 Å². The lowest BCUT2D eigenvalue weighted by atomic mass is 10.0. The van der Waals surface area contributed by atoms with Crippen molar-refractivity contribution in [3.63, 3.8) is 0 Å². The van der Waals surface area contributed by atoms with E-state index in [1.165, 1.54) is 0 Å². The first kappa shape index (κ1) is 14.6. The van der Waals surface area contributed by atoms with Gasteiger partial charge in [-0.2, -0.15) is 0 Å². The van der Waals surface area contributed by atoms with Crippen LogP contribution >= 0.6 is 39.1 Å². The lowest BCUT2D eigenvalue weighted by molar-refractivity contribution is 0.104. The fourth-order valence-corrected chi connectivity index (χ4v) is 3.09. The molecule has 0 atom stereocenters. The van der Waals surface area contributed by atoms with Crippen molar-refractivity contribution in [2.45, 2.75) is 0 Å². The Kier molecular flexibility index (Phi) is 3.82. The van der Waals surface area contributed by atoms with Gasteiger partial charge in [0.25, 0.3) is 0 Å². The number of fused-ring (bicyclic) bond motifs is 1. The number of benzene rings is 2. The number of nitrogens with zero attached hydrogens (tertiary/aromatic N) is 1. The van der Waals surface area contributed by atoms with Gasteiger partial charge in [0.05, 0.1) is 5.02 Å². The second-order valence-corrected chi connectivity index (χ2v) is 6.53. The third-order valence-corrected chi connectivity index (χ3v) is 4.43. The molecule has 0 unspecified atom stereocenters. The van der Waals surface area contributed by atoms with E-state index in [9.17, 15) is 4.79 Å². The first-order chi connectivity index (χ1) is 9.97. The molecule has 1 heterocycles. The largest absolute Gasteiger partial charge is 0.350 e. The minimum absolute atomic E-state index is 0.103. The highest BCUT2D eigenvalue weighted by atomic mass is 79.9. The molecule has 2 aromatic carbocycles. The van der Waals surface area contributed by atoms with Crippen molar-refractivity contribution in [1.29, 1.82) is 0 Å². The molecule has 0 amide bonds. The highest BCUT2D eigenvalue weighted by molar-refractivity contribution is 9.10. The van der Waals surface area contributed by atoms with E-state index < -0.39 is 0 Å². The molecule has 0 N–H and O–H groups in total. The average Bonchev–Trinajstić information content (AvgIpc) is 2.78. The van der Waals surface area contributed by atoms with Gasteiger partial charge in [-0.25, -0.2) is 0 Å². The van der Waals surface area contributed by atoms with E-state index in [2.05, 4.69) is 15.9 Å². The standard InChI is InChI=1S/C16H10BrCl2NO/c1-20-8-13(11-4-3-10(18)7-15(11)20)16(21)12-6-9(17)2-5-14(12)19/h2-8H,1H3. The third-order valence-electron chi connectivity index (χ3n) is 3.37. The molecule has 3 rings (SSSR count). The number of carbonyl (C=O) groups excluding carboxylic acids is 1. The predicted molar refractivity (Wildman–Crippen MR) is 90.5 cm³/mol. The van der Waals surface area contributed by atoms with Crippen molar-refractivity contribution in [1.82, 2.24) is 4.57 Å². The van der Waals surface area contributed by atoms with Crippen LogP contribution in [0.15, 0.2) is 47.1 Å². The summed E-state index contributed by atoms with van der Waals surface area (Å²) in [4.78, 5) is 12.8. The summed E-state index contributed by atoms with van der Waals surface area (Å²) in [5, 5.41) is 1.94. The molecule has 0 aliphatic carbocycles. The molecule has 106 valence electrons. The zero-order chi connectivity index (χ0) is 15.1. The van der Waals surface area contributed by atoms with Crippen LogP contribution in [0.1, 0.15) is 15.9 Å². The third kappa shape index (κ3) is 2.61. The second kappa shape index (κ2) is 5.48. The summed E-state index contributed by atoms with van der Waals surface area (Å²) in [6.07, 6.45) is 1.81. The normalized spacial score (nSPS) is 11.0. The molecule has 0 saturated carbocycles. The van der Waals surface area contributed by atoms with Gasteiger partial charge in [-0.05, 0) is 30.3 Å². The van der Waals surface area contributed by atoms with Gasteiger partial charge in [-0.1, -0.05) is 45.2 Å². The van der Waals surface area contributed by atoms with Gasteiger partial charge in [0.1, 0.15) is 0 Å². The number of carbonyl (C=O) groups is 1. The monoisotopic (exact) mass is 381 g/mol. The van der Waals surface area contributed by atoms with Crippen LogP contribution in [0.2, 0.25) is 10.0 Å². The highest BCUT2D eigenvalue weighted by Gasteiger charge is 2.18. The second-order valence-electron chi connectivity index (χ2n) is 4.77. The molecule has 21 heavy (non-hydrogen) atoms. The number of aryl methyl sites for hydroxylation is 1. The Labute approximate surface area is 140 Å². The van der Waals surface area contributed by atoms with Crippen LogP contribution in [-0.4, -0.2) is 10.4 Å². The molecule has 0 aliphatic heterocycles. The van der Waals surface area contributed by atoms with Crippen molar-refractivity contribution in [2.24, 2.45) is 7.05 Å². The molecule has 0 bridgehead atoms. The average molecular weight is 383 g/mol. The first-order valence-electron chi connectivity index (χ1n) is 6.21. The maximum Gasteiger partial charge on any atom is 0.196 e. The summed E-state index contributed by atoms with van der Waals surface area (Å²) in [6, 6.07) is 10.7. The van der Waals surface area contributed by atoms with Crippen LogP contribution in [-0.2, 0) is 7.05 Å². The van der Waals surface area contributed by atoms with Crippen LogP contribution < -0.4 is 0 Å². The van der Waals surface area contributed by atoms with Crippen LogP contribution in [0.5, 0.6) is 0 Å². The Hall–Kier alpha value is -1.29. The Bertz CT molecular complexity index is 870. The topological polar surface area (TPSA) is 22.0 Å². The molecule has 0 spiro atoms. The fraction of sp³-hybridized carbons (Fsp3) is 0.0625. The van der Waals surface area contributed by atoms with E-state index in [-0.39, 0.29) is 5.78 Å². The van der Waals surface area contributed by atoms with Gasteiger partial charge in [0.15, 0.2) is 5.78 Å². The van der Waals surface area contributed by atoms with Crippen molar-refractivity contribution < 1.29 is 4.79 Å². The lowest BCUT2D eigenvalue weighted by Crippen LogP contribution is -2.01. The molecule has 1 aromatic heterocycles. The molecular weight excluding hydrogens is 373 g/mol. The number of aromatic nitrogens is 1. The van der Waals surface area contributed by atoms with Gasteiger partial charge in [0.2, 0.25) is 0 Å². The molecule has 0 saturated heterocycles. The van der Waals surface area contributed by atoms with E-state index in [0.717, 1.165) is 15.4 Å². The molecule has 0 fully saturated rings. The van der Waals surface area contributed by atoms with Crippen molar-refractivity contribution in [3.05, 3.63) is 68.2 Å². The summed E-state index contributed by atoms with van der Waals surface area (Å²) in [6.45, 7) is 0. The van der Waals surface area contributed by atoms with Crippen LogP contribution in [0.4, 0.5) is 0 Å². The SMILES string of the molecule is Cn1cc(C(=O)c2cc(Br)ccc2Cl)c2ccc(Cl)cc21. The van der Waals surface area contributed by atoms with E-state index in [0.29, 0.717) is 21.2 Å². The van der Waals surface area contributed by atoms with Gasteiger partial charge in [-0.15, -0.1) is 0 Å². The van der Waals surface area contributed by atoms with E-state index >= 15 is 0 Å². The summed E-state index contributed by atoms with van der Waals surface area (Å²) >= 11 is 15.5. The number of hydrogen-bond donors (Lipinski definition) is 0. The minimum Gasteiger partial charge on any atom is -0.350 e. The molecule has 0 radical (unpaired) electrons. The zero-order valence-electron chi connectivity index (χ0n) is 11.0. The molecule has 0 aliphatic rings. The van der Waals surface area contributed by atoms with Gasteiger partial charge in [0, 0.05) is 44.8 Å². The molecule has 2 nitrogen and oxygen atoms in total. The molecule has 3 aromatic rings. The Balaban J connectivity index is 2.21. The van der Waals surface area contributed by atoms with Crippen LogP contribution in [0, 0.1) is 0 Å². The fourth-order valence-electron chi connectivity index (χ4n) is 2.35. The van der Waals surface area contributed by atoms with E-state index in [1.54, 1.807) is 24.4 Å². The summed E-state index contributed by atoms with van der Waals surface area (Å²) in [5.41, 5.74) is 2.01. The molecular formula is C16H10BrCl2NO. The molecule has 5 heteroatoms. The van der Waals surface area contributed by atoms with E-state index in [1.807, 2.05) is 29.8 Å². The maximum absolute atomic E-state index is 12.8. The van der Waals surface area contributed by atoms with Crippen molar-refractivity contribution >= 4 is 55.8 Å². The minimum atomic E-state index is -0.103. The summed E-state index contributed by atoms with van der Waals surface area (Å²) in [7, 11) is 1.89. The van der Waals surface area contributed by atoms with Crippen molar-refractivity contribution in [2.75, 3.05) is 0 Å². The first-order valence-corrected chi connectivity index (χ1v) is 7.76. The van der Waals surface area contributed by atoms with E-state index in [4.69, 9.17) is 23.2 Å². The summed E-state index contributed by atoms with van der Waals surface area (Å²) < 4.78 is 2.71. The van der Waals surface area contributed by atoms with Gasteiger partial charge < -0.3 is 4.57 Å². The summed E-state index contributed by atoms with van der Waals surface area (Å²) in [5.74, 6) is -0.103. The van der Waals surface area contributed by atoms with Crippen LogP contribution in [0.3, 0.4) is 0 Å². The Morgan fingerprint density at radius 1 is 1.10 bits per heavy atom. The van der Waals surface area contributed by atoms with Gasteiger partial charge >= 0.3 is 0 Å². The van der Waals surface area contributed by atoms with Crippen LogP contribution in [0.25, 0.3) is 10.9 Å². The number of halogens is 3. The quantitative estimate of drug-likeness (QED) is 0.538. The highest BCUT2D eigenvalue weighted by Crippen LogP contribution is 2.29. The Morgan fingerprint density at radius 2 is 1.86 bits per heavy atom. The maximum atomic E-state index is 12.8. The predicted octanol–water partition coefficient (Wildman–Crippen LogP) is 5.48. The number of rotatable bonds is 2. The van der Waals surface area contributed by atoms with Gasteiger partial charge in [-0.3, -0.25) is 4.79 Å². The smallest absolute Gasteiger partial charge is 0.196 e. The lowest BCUT2D eigenvalue weighted by Gasteiger charge is -2.03. The zero-order valence-corrected chi connectivity index (χ0v) is 14.1. The number of hydrogen-bond acceptors (Lipinski definition) is 1. The number of ketones is 1. The Morgan fingerprint density at radius 3 is 2.62 bits per heavy atom.